The normalized spacial score (nSPS) is 27.2. The highest BCUT2D eigenvalue weighted by molar-refractivity contribution is 4.95. The van der Waals surface area contributed by atoms with Crippen LogP contribution in [0.3, 0.4) is 0 Å². The van der Waals surface area contributed by atoms with E-state index in [0.717, 1.165) is 6.42 Å². The number of alkyl halides is 2. The summed E-state index contributed by atoms with van der Waals surface area (Å²) < 4.78 is 24.9. The molecule has 3 heteroatoms. The molecule has 1 atom stereocenters. The molecule has 1 unspecified atom stereocenters. The van der Waals surface area contributed by atoms with Crippen LogP contribution in [0.15, 0.2) is 0 Å². The van der Waals surface area contributed by atoms with Gasteiger partial charge in [0.15, 0.2) is 0 Å². The third-order valence-corrected chi connectivity index (χ3v) is 2.68. The van der Waals surface area contributed by atoms with Crippen LogP contribution in [0, 0.1) is 11.3 Å². The van der Waals surface area contributed by atoms with E-state index >= 15 is 0 Å². The maximum Gasteiger partial charge on any atom is 0.251 e. The highest BCUT2D eigenvalue weighted by Crippen LogP contribution is 2.52. The standard InChI is InChI=1S/C9H17F2N/c1-8(2,6-12)4-3-7-5-9(7,10)11/h7H,3-6,12H2,1-2H3. The molecule has 0 radical (unpaired) electrons. The molecule has 0 aromatic rings. The van der Waals surface area contributed by atoms with E-state index in [2.05, 4.69) is 0 Å². The lowest BCUT2D eigenvalue weighted by atomic mass is 9.87. The van der Waals surface area contributed by atoms with E-state index in [-0.39, 0.29) is 17.8 Å². The first-order chi connectivity index (χ1) is 5.37. The first kappa shape index (κ1) is 9.90. The zero-order valence-electron chi connectivity index (χ0n) is 7.74. The molecule has 1 saturated carbocycles. The second kappa shape index (κ2) is 2.95. The molecule has 72 valence electrons. The van der Waals surface area contributed by atoms with Crippen molar-refractivity contribution in [2.45, 2.75) is 39.0 Å². The average Bonchev–Trinajstić information content (AvgIpc) is 2.56. The monoisotopic (exact) mass is 177 g/mol. The topological polar surface area (TPSA) is 26.0 Å². The smallest absolute Gasteiger partial charge is 0.251 e. The minimum Gasteiger partial charge on any atom is -0.330 e. The fourth-order valence-electron chi connectivity index (χ4n) is 1.25. The third-order valence-electron chi connectivity index (χ3n) is 2.68. The molecule has 0 saturated heterocycles. The average molecular weight is 177 g/mol. The summed E-state index contributed by atoms with van der Waals surface area (Å²) in [4.78, 5) is 0. The predicted molar refractivity (Wildman–Crippen MR) is 45.1 cm³/mol. The minimum absolute atomic E-state index is 0.0265. The van der Waals surface area contributed by atoms with Crippen molar-refractivity contribution >= 4 is 0 Å². The number of nitrogens with two attached hydrogens (primary N) is 1. The zero-order valence-corrected chi connectivity index (χ0v) is 7.74. The maximum absolute atomic E-state index is 12.4. The highest BCUT2D eigenvalue weighted by atomic mass is 19.3. The Bertz CT molecular complexity index is 166. The van der Waals surface area contributed by atoms with Crippen molar-refractivity contribution < 1.29 is 8.78 Å². The van der Waals surface area contributed by atoms with Gasteiger partial charge in [-0.15, -0.1) is 0 Å². The number of hydrogen-bond donors (Lipinski definition) is 1. The summed E-state index contributed by atoms with van der Waals surface area (Å²) in [6.07, 6.45) is 1.52. The lowest BCUT2D eigenvalue weighted by Crippen LogP contribution is -2.23. The summed E-state index contributed by atoms with van der Waals surface area (Å²) in [6, 6.07) is 0. The Morgan fingerprint density at radius 3 is 2.33 bits per heavy atom. The van der Waals surface area contributed by atoms with Gasteiger partial charge in [0.1, 0.15) is 0 Å². The van der Waals surface area contributed by atoms with Crippen LogP contribution in [-0.2, 0) is 0 Å². The summed E-state index contributed by atoms with van der Waals surface area (Å²) in [5.74, 6) is -2.71. The molecule has 12 heavy (non-hydrogen) atoms. The maximum atomic E-state index is 12.4. The van der Waals surface area contributed by atoms with Crippen LogP contribution in [0.2, 0.25) is 0 Å². The number of hydrogen-bond acceptors (Lipinski definition) is 1. The lowest BCUT2D eigenvalue weighted by Gasteiger charge is -2.21. The lowest BCUT2D eigenvalue weighted by molar-refractivity contribution is 0.0939. The Balaban J connectivity index is 2.19. The first-order valence-corrected chi connectivity index (χ1v) is 4.45. The second-order valence-electron chi connectivity index (χ2n) is 4.57. The SMILES string of the molecule is CC(C)(CN)CCC1CC1(F)F. The van der Waals surface area contributed by atoms with Gasteiger partial charge in [-0.3, -0.25) is 0 Å². The van der Waals surface area contributed by atoms with Crippen molar-refractivity contribution in [2.24, 2.45) is 17.1 Å². The summed E-state index contributed by atoms with van der Waals surface area (Å²) in [5.41, 5.74) is 5.52. The molecule has 1 aliphatic carbocycles. The molecule has 1 fully saturated rings. The van der Waals surface area contributed by atoms with Gasteiger partial charge in [0.2, 0.25) is 0 Å². The van der Waals surface area contributed by atoms with Crippen LogP contribution in [0.5, 0.6) is 0 Å². The van der Waals surface area contributed by atoms with Crippen molar-refractivity contribution in [2.75, 3.05) is 6.54 Å². The molecule has 0 amide bonds. The van der Waals surface area contributed by atoms with Crippen LogP contribution >= 0.6 is 0 Å². The Morgan fingerprint density at radius 2 is 2.00 bits per heavy atom. The molecule has 1 rings (SSSR count). The van der Waals surface area contributed by atoms with E-state index in [1.54, 1.807) is 0 Å². The molecular weight excluding hydrogens is 160 g/mol. The summed E-state index contributed by atoms with van der Waals surface area (Å²) in [6.45, 7) is 4.62. The Kier molecular flexibility index (Phi) is 2.43. The Labute approximate surface area is 72.3 Å². The van der Waals surface area contributed by atoms with E-state index < -0.39 is 5.92 Å². The first-order valence-electron chi connectivity index (χ1n) is 4.45. The zero-order chi connectivity index (χ0) is 9.41. The van der Waals surface area contributed by atoms with Crippen molar-refractivity contribution in [1.82, 2.24) is 0 Å². The molecule has 0 aromatic carbocycles. The van der Waals surface area contributed by atoms with Gasteiger partial charge >= 0.3 is 0 Å². The molecule has 0 bridgehead atoms. The van der Waals surface area contributed by atoms with Crippen LogP contribution in [0.25, 0.3) is 0 Å². The molecule has 0 heterocycles. The number of halogens is 2. The van der Waals surface area contributed by atoms with Gasteiger partial charge < -0.3 is 5.73 Å². The highest BCUT2D eigenvalue weighted by Gasteiger charge is 2.56. The largest absolute Gasteiger partial charge is 0.330 e. The van der Waals surface area contributed by atoms with Gasteiger partial charge in [-0.05, 0) is 24.8 Å². The van der Waals surface area contributed by atoms with Crippen molar-refractivity contribution in [1.29, 1.82) is 0 Å². The van der Waals surface area contributed by atoms with Crippen molar-refractivity contribution in [3.8, 4) is 0 Å². The molecule has 2 N–H and O–H groups in total. The fourth-order valence-corrected chi connectivity index (χ4v) is 1.25. The minimum atomic E-state index is -2.36. The van der Waals surface area contributed by atoms with Crippen LogP contribution in [0.4, 0.5) is 8.78 Å². The van der Waals surface area contributed by atoms with Gasteiger partial charge in [0.05, 0.1) is 0 Å². The summed E-state index contributed by atoms with van der Waals surface area (Å²) in [5, 5.41) is 0. The second-order valence-corrected chi connectivity index (χ2v) is 4.57. The van der Waals surface area contributed by atoms with Crippen molar-refractivity contribution in [3.63, 3.8) is 0 Å². The number of rotatable bonds is 4. The van der Waals surface area contributed by atoms with E-state index in [4.69, 9.17) is 5.73 Å². The Hall–Kier alpha value is -0.180. The quantitative estimate of drug-likeness (QED) is 0.701. The molecular formula is C9H17F2N. The fraction of sp³-hybridized carbons (Fsp3) is 1.00. The third kappa shape index (κ3) is 2.41. The molecule has 0 aliphatic heterocycles. The molecule has 1 nitrogen and oxygen atoms in total. The molecule has 0 aromatic heterocycles. The van der Waals surface area contributed by atoms with E-state index in [1.807, 2.05) is 13.8 Å². The van der Waals surface area contributed by atoms with Gasteiger partial charge in [-0.25, -0.2) is 8.78 Å². The van der Waals surface area contributed by atoms with Crippen LogP contribution in [-0.4, -0.2) is 12.5 Å². The van der Waals surface area contributed by atoms with Crippen LogP contribution < -0.4 is 5.73 Å². The molecule has 0 spiro atoms. The van der Waals surface area contributed by atoms with E-state index in [9.17, 15) is 8.78 Å². The van der Waals surface area contributed by atoms with Gasteiger partial charge in [0.25, 0.3) is 5.92 Å². The van der Waals surface area contributed by atoms with E-state index in [1.165, 1.54) is 0 Å². The van der Waals surface area contributed by atoms with Gasteiger partial charge in [-0.2, -0.15) is 0 Å². The van der Waals surface area contributed by atoms with Gasteiger partial charge in [0, 0.05) is 12.3 Å². The van der Waals surface area contributed by atoms with Gasteiger partial charge in [-0.1, -0.05) is 13.8 Å². The van der Waals surface area contributed by atoms with Crippen molar-refractivity contribution in [3.05, 3.63) is 0 Å². The van der Waals surface area contributed by atoms with Crippen LogP contribution in [0.1, 0.15) is 33.1 Å². The molecule has 1 aliphatic rings. The summed E-state index contributed by atoms with van der Waals surface area (Å²) >= 11 is 0. The van der Waals surface area contributed by atoms with E-state index in [0.29, 0.717) is 13.0 Å². The predicted octanol–water partition coefficient (Wildman–Crippen LogP) is 2.41. The Morgan fingerprint density at radius 1 is 1.50 bits per heavy atom. The summed E-state index contributed by atoms with van der Waals surface area (Å²) in [7, 11) is 0.